The number of rotatable bonds is 8. The highest BCUT2D eigenvalue weighted by molar-refractivity contribution is 5.90. The Morgan fingerprint density at radius 2 is 1.90 bits per heavy atom. The lowest BCUT2D eigenvalue weighted by Gasteiger charge is -2.16. The highest BCUT2D eigenvalue weighted by Crippen LogP contribution is 2.19. The van der Waals surface area contributed by atoms with Gasteiger partial charge < -0.3 is 15.8 Å². The lowest BCUT2D eigenvalue weighted by molar-refractivity contribution is -0.117. The second-order valence-electron chi connectivity index (χ2n) is 5.39. The van der Waals surface area contributed by atoms with Crippen LogP contribution in [0.4, 0.5) is 14.5 Å². The van der Waals surface area contributed by atoms with Gasteiger partial charge in [0.1, 0.15) is 5.75 Å². The van der Waals surface area contributed by atoms with Crippen molar-refractivity contribution in [3.63, 3.8) is 0 Å². The molecule has 0 aliphatic carbocycles. The number of carbonyl (C=O) groups is 1. The lowest BCUT2D eigenvalue weighted by atomic mass is 9.94. The Morgan fingerprint density at radius 1 is 1.29 bits per heavy atom. The average molecular weight is 300 g/mol. The van der Waals surface area contributed by atoms with E-state index >= 15 is 0 Å². The Bertz CT molecular complexity index is 436. The molecule has 1 unspecified atom stereocenters. The largest absolute Gasteiger partial charge is 0.435 e. The van der Waals surface area contributed by atoms with Gasteiger partial charge in [-0.1, -0.05) is 13.8 Å². The van der Waals surface area contributed by atoms with Gasteiger partial charge in [-0.3, -0.25) is 4.79 Å². The minimum Gasteiger partial charge on any atom is -0.435 e. The van der Waals surface area contributed by atoms with Crippen LogP contribution >= 0.6 is 0 Å². The average Bonchev–Trinajstić information content (AvgIpc) is 2.39. The summed E-state index contributed by atoms with van der Waals surface area (Å²) < 4.78 is 28.3. The molecule has 0 spiro atoms. The predicted octanol–water partition coefficient (Wildman–Crippen LogP) is 3.24. The third kappa shape index (κ3) is 7.04. The van der Waals surface area contributed by atoms with E-state index in [4.69, 9.17) is 5.73 Å². The maximum absolute atomic E-state index is 12.0. The van der Waals surface area contributed by atoms with Crippen LogP contribution in [0.25, 0.3) is 0 Å². The van der Waals surface area contributed by atoms with Gasteiger partial charge in [0.25, 0.3) is 0 Å². The first-order valence-electron chi connectivity index (χ1n) is 6.95. The molecular weight excluding hydrogens is 278 g/mol. The molecule has 0 aromatic heterocycles. The summed E-state index contributed by atoms with van der Waals surface area (Å²) in [5.74, 6) is 0.555. The van der Waals surface area contributed by atoms with Crippen LogP contribution in [-0.4, -0.2) is 19.1 Å². The molecule has 0 aliphatic rings. The normalized spacial score (nSPS) is 12.5. The van der Waals surface area contributed by atoms with Gasteiger partial charge in [0.2, 0.25) is 5.91 Å². The number of nitrogens with two attached hydrogens (primary N) is 1. The molecule has 0 aliphatic heterocycles. The maximum Gasteiger partial charge on any atom is 0.387 e. The molecule has 1 atom stereocenters. The van der Waals surface area contributed by atoms with E-state index in [1.807, 2.05) is 0 Å². The van der Waals surface area contributed by atoms with E-state index < -0.39 is 6.61 Å². The van der Waals surface area contributed by atoms with Gasteiger partial charge in [0.15, 0.2) is 0 Å². The molecule has 1 aromatic rings. The molecule has 0 radical (unpaired) electrons. The summed E-state index contributed by atoms with van der Waals surface area (Å²) in [6.45, 7) is 1.78. The van der Waals surface area contributed by atoms with Crippen molar-refractivity contribution in [2.75, 3.05) is 11.9 Å². The minimum absolute atomic E-state index is 0.0580. The Hall–Kier alpha value is -1.69. The van der Waals surface area contributed by atoms with Crippen LogP contribution < -0.4 is 15.8 Å². The summed E-state index contributed by atoms with van der Waals surface area (Å²) in [5.41, 5.74) is 6.20. The fourth-order valence-corrected chi connectivity index (χ4v) is 2.12. The Kier molecular flexibility index (Phi) is 7.08. The van der Waals surface area contributed by atoms with Crippen molar-refractivity contribution in [2.24, 2.45) is 17.6 Å². The predicted molar refractivity (Wildman–Crippen MR) is 78.3 cm³/mol. The number of hydrogen-bond donors (Lipinski definition) is 2. The molecule has 0 heterocycles. The van der Waals surface area contributed by atoms with Crippen molar-refractivity contribution in [3.8, 4) is 5.75 Å². The van der Waals surface area contributed by atoms with Crippen molar-refractivity contribution in [1.29, 1.82) is 0 Å². The maximum atomic E-state index is 12.0. The lowest BCUT2D eigenvalue weighted by Crippen LogP contribution is -2.23. The number of nitrogens with one attached hydrogen (secondary N) is 1. The number of hydrogen-bond acceptors (Lipinski definition) is 3. The van der Waals surface area contributed by atoms with E-state index in [9.17, 15) is 13.6 Å². The topological polar surface area (TPSA) is 64.4 Å². The van der Waals surface area contributed by atoms with Gasteiger partial charge >= 0.3 is 6.61 Å². The summed E-state index contributed by atoms with van der Waals surface area (Å²) in [5, 5.41) is 2.72. The number of ether oxygens (including phenoxy) is 1. The van der Waals surface area contributed by atoms with E-state index in [1.54, 1.807) is 0 Å². The fraction of sp³-hybridized carbons (Fsp3) is 0.533. The van der Waals surface area contributed by atoms with Gasteiger partial charge in [-0.05, 0) is 49.1 Å². The van der Waals surface area contributed by atoms with Crippen LogP contribution in [0.1, 0.15) is 26.7 Å². The molecule has 0 saturated heterocycles. The number of alkyl halides is 2. The molecular formula is C15H22F2N2O2. The molecule has 6 heteroatoms. The van der Waals surface area contributed by atoms with Gasteiger partial charge in [-0.2, -0.15) is 8.78 Å². The van der Waals surface area contributed by atoms with E-state index in [1.165, 1.54) is 24.3 Å². The smallest absolute Gasteiger partial charge is 0.387 e. The van der Waals surface area contributed by atoms with E-state index in [-0.39, 0.29) is 17.6 Å². The number of carbonyl (C=O) groups excluding carboxylic acids is 1. The first kappa shape index (κ1) is 17.4. The number of halogens is 2. The molecule has 0 bridgehead atoms. The monoisotopic (exact) mass is 300 g/mol. The third-order valence-corrected chi connectivity index (χ3v) is 2.98. The van der Waals surface area contributed by atoms with Crippen LogP contribution in [0.3, 0.4) is 0 Å². The van der Waals surface area contributed by atoms with Gasteiger partial charge in [0.05, 0.1) is 0 Å². The van der Waals surface area contributed by atoms with Crippen molar-refractivity contribution < 1.29 is 18.3 Å². The van der Waals surface area contributed by atoms with Gasteiger partial charge in [-0.15, -0.1) is 0 Å². The van der Waals surface area contributed by atoms with Crippen LogP contribution in [0.2, 0.25) is 0 Å². The molecule has 1 amide bonds. The molecule has 0 fully saturated rings. The van der Waals surface area contributed by atoms with E-state index in [0.717, 1.165) is 6.42 Å². The van der Waals surface area contributed by atoms with E-state index in [2.05, 4.69) is 23.9 Å². The van der Waals surface area contributed by atoms with Crippen LogP contribution in [0, 0.1) is 11.8 Å². The summed E-state index contributed by atoms with van der Waals surface area (Å²) in [7, 11) is 0. The molecule has 1 rings (SSSR count). The van der Waals surface area contributed by atoms with Gasteiger partial charge in [0, 0.05) is 12.1 Å². The van der Waals surface area contributed by atoms with Crippen LogP contribution in [0.5, 0.6) is 5.75 Å². The van der Waals surface area contributed by atoms with Crippen molar-refractivity contribution in [1.82, 2.24) is 0 Å². The highest BCUT2D eigenvalue weighted by atomic mass is 19.3. The summed E-state index contributed by atoms with van der Waals surface area (Å²) in [6.07, 6.45) is 1.25. The SMILES string of the molecule is CC(C)CC(CN)CC(=O)Nc1ccc(OC(F)F)cc1. The standard InChI is InChI=1S/C15H22F2N2O2/c1-10(2)7-11(9-18)8-14(20)19-12-3-5-13(6-4-12)21-15(16)17/h3-6,10-11,15H,7-9,18H2,1-2H3,(H,19,20). The zero-order chi connectivity index (χ0) is 15.8. The Balaban J connectivity index is 2.50. The van der Waals surface area contributed by atoms with Crippen molar-refractivity contribution in [3.05, 3.63) is 24.3 Å². The first-order valence-corrected chi connectivity index (χ1v) is 6.95. The number of benzene rings is 1. The van der Waals surface area contributed by atoms with Crippen LogP contribution in [0.15, 0.2) is 24.3 Å². The highest BCUT2D eigenvalue weighted by Gasteiger charge is 2.14. The van der Waals surface area contributed by atoms with Crippen LogP contribution in [-0.2, 0) is 4.79 Å². The zero-order valence-electron chi connectivity index (χ0n) is 12.3. The molecule has 21 heavy (non-hydrogen) atoms. The minimum atomic E-state index is -2.85. The second-order valence-corrected chi connectivity index (χ2v) is 5.39. The second kappa shape index (κ2) is 8.56. The Morgan fingerprint density at radius 3 is 2.38 bits per heavy atom. The molecule has 0 saturated carbocycles. The number of amides is 1. The first-order chi connectivity index (χ1) is 9.90. The summed E-state index contributed by atoms with van der Waals surface area (Å²) in [6, 6.07) is 5.82. The van der Waals surface area contributed by atoms with Gasteiger partial charge in [-0.25, -0.2) is 0 Å². The third-order valence-electron chi connectivity index (χ3n) is 2.98. The molecule has 1 aromatic carbocycles. The summed E-state index contributed by atoms with van der Waals surface area (Å²) in [4.78, 5) is 11.9. The Labute approximate surface area is 123 Å². The fourth-order valence-electron chi connectivity index (χ4n) is 2.12. The molecule has 118 valence electrons. The molecule has 4 nitrogen and oxygen atoms in total. The van der Waals surface area contributed by atoms with Crippen molar-refractivity contribution >= 4 is 11.6 Å². The number of anilines is 1. The quantitative estimate of drug-likeness (QED) is 0.774. The van der Waals surface area contributed by atoms with E-state index in [0.29, 0.717) is 24.6 Å². The molecule has 3 N–H and O–H groups in total. The summed E-state index contributed by atoms with van der Waals surface area (Å²) >= 11 is 0. The zero-order valence-corrected chi connectivity index (χ0v) is 12.3. The van der Waals surface area contributed by atoms with Crippen molar-refractivity contribution in [2.45, 2.75) is 33.3 Å².